The summed E-state index contributed by atoms with van der Waals surface area (Å²) < 4.78 is 10.9. The largest absolute Gasteiger partial charge is 0.458 e. The maximum atomic E-state index is 12.6. The number of amides is 2. The summed E-state index contributed by atoms with van der Waals surface area (Å²) in [5.74, 6) is -0.159. The van der Waals surface area contributed by atoms with Crippen molar-refractivity contribution in [2.45, 2.75) is 58.3 Å². The molecule has 0 aromatic carbocycles. The zero-order chi connectivity index (χ0) is 18.4. The molecule has 25 heavy (non-hydrogen) atoms. The first kappa shape index (κ1) is 19.0. The van der Waals surface area contributed by atoms with Gasteiger partial charge in [0.05, 0.1) is 6.54 Å². The standard InChI is InChI=1S/C17H26N4O4/c1-12(20-16(23)25-17(2,3)4)14(22)21-10-5-7-13(11-21)24-15-18-8-6-9-19-15/h6,8-9,12-13H,5,7,10-11H2,1-4H3,(H,20,23). The fourth-order valence-corrected chi connectivity index (χ4v) is 2.55. The number of carbonyl (C=O) groups is 2. The Morgan fingerprint density at radius 2 is 2.00 bits per heavy atom. The number of nitrogens with zero attached hydrogens (tertiary/aromatic N) is 3. The topological polar surface area (TPSA) is 93.7 Å². The van der Waals surface area contributed by atoms with Crippen LogP contribution in [0.2, 0.25) is 0 Å². The van der Waals surface area contributed by atoms with Crippen molar-refractivity contribution >= 4 is 12.0 Å². The van der Waals surface area contributed by atoms with Crippen LogP contribution >= 0.6 is 0 Å². The Morgan fingerprint density at radius 3 is 2.64 bits per heavy atom. The molecule has 1 aliphatic rings. The lowest BCUT2D eigenvalue weighted by molar-refractivity contribution is -0.135. The van der Waals surface area contributed by atoms with Crippen molar-refractivity contribution in [1.29, 1.82) is 0 Å². The molecule has 8 heteroatoms. The molecule has 8 nitrogen and oxygen atoms in total. The average molecular weight is 350 g/mol. The zero-order valence-corrected chi connectivity index (χ0v) is 15.2. The zero-order valence-electron chi connectivity index (χ0n) is 15.2. The van der Waals surface area contributed by atoms with Gasteiger partial charge < -0.3 is 19.7 Å². The van der Waals surface area contributed by atoms with Crippen LogP contribution in [0.3, 0.4) is 0 Å². The van der Waals surface area contributed by atoms with Crippen molar-refractivity contribution in [3.63, 3.8) is 0 Å². The van der Waals surface area contributed by atoms with Crippen molar-refractivity contribution < 1.29 is 19.1 Å². The Balaban J connectivity index is 1.87. The predicted molar refractivity (Wildman–Crippen MR) is 91.1 cm³/mol. The van der Waals surface area contributed by atoms with Crippen LogP contribution in [0.1, 0.15) is 40.5 Å². The number of carbonyl (C=O) groups excluding carboxylic acids is 2. The summed E-state index contributed by atoms with van der Waals surface area (Å²) in [5.41, 5.74) is -0.605. The minimum absolute atomic E-state index is 0.158. The summed E-state index contributed by atoms with van der Waals surface area (Å²) >= 11 is 0. The maximum absolute atomic E-state index is 12.6. The van der Waals surface area contributed by atoms with Crippen LogP contribution in [0.15, 0.2) is 18.5 Å². The van der Waals surface area contributed by atoms with Crippen LogP contribution in [0.4, 0.5) is 4.79 Å². The summed E-state index contributed by atoms with van der Waals surface area (Å²) in [6, 6.07) is 1.36. The van der Waals surface area contributed by atoms with Crippen LogP contribution < -0.4 is 10.1 Å². The Hall–Kier alpha value is -2.38. The third-order valence-electron chi connectivity index (χ3n) is 3.61. The van der Waals surface area contributed by atoms with E-state index in [2.05, 4.69) is 15.3 Å². The van der Waals surface area contributed by atoms with Gasteiger partial charge in [-0.05, 0) is 46.6 Å². The molecule has 1 N–H and O–H groups in total. The first-order valence-electron chi connectivity index (χ1n) is 8.46. The molecule has 1 aliphatic heterocycles. The minimum atomic E-state index is -0.665. The second-order valence-corrected chi connectivity index (χ2v) is 7.07. The van der Waals surface area contributed by atoms with E-state index in [0.29, 0.717) is 19.1 Å². The highest BCUT2D eigenvalue weighted by Crippen LogP contribution is 2.16. The first-order valence-corrected chi connectivity index (χ1v) is 8.46. The molecule has 2 unspecified atom stereocenters. The fraction of sp³-hybridized carbons (Fsp3) is 0.647. The summed E-state index contributed by atoms with van der Waals surface area (Å²) in [6.07, 6.45) is 4.12. The SMILES string of the molecule is CC(NC(=O)OC(C)(C)C)C(=O)N1CCCC(Oc2ncccn2)C1. The molecule has 2 atom stereocenters. The molecule has 1 aromatic heterocycles. The second-order valence-electron chi connectivity index (χ2n) is 7.07. The van der Waals surface area contributed by atoms with Crippen molar-refractivity contribution in [1.82, 2.24) is 20.2 Å². The summed E-state index contributed by atoms with van der Waals surface area (Å²) in [5, 5.41) is 2.58. The quantitative estimate of drug-likeness (QED) is 0.889. The van der Waals surface area contributed by atoms with Gasteiger partial charge >= 0.3 is 12.1 Å². The number of nitrogens with one attached hydrogen (secondary N) is 1. The van der Waals surface area contributed by atoms with Crippen molar-refractivity contribution in [2.24, 2.45) is 0 Å². The molecule has 0 aliphatic carbocycles. The van der Waals surface area contributed by atoms with Gasteiger partial charge in [0.2, 0.25) is 5.91 Å². The van der Waals surface area contributed by atoms with Gasteiger partial charge in [0.15, 0.2) is 0 Å². The number of hydrogen-bond acceptors (Lipinski definition) is 6. The summed E-state index contributed by atoms with van der Waals surface area (Å²) in [6.45, 7) is 8.05. The van der Waals surface area contributed by atoms with Crippen molar-refractivity contribution in [3.8, 4) is 6.01 Å². The number of piperidine rings is 1. The Labute approximate surface area is 147 Å². The van der Waals surface area contributed by atoms with Crippen molar-refractivity contribution in [2.75, 3.05) is 13.1 Å². The number of ether oxygens (including phenoxy) is 2. The summed E-state index contributed by atoms with van der Waals surface area (Å²) in [4.78, 5) is 34.2. The van der Waals surface area contributed by atoms with Crippen LogP contribution in [-0.2, 0) is 9.53 Å². The van der Waals surface area contributed by atoms with Crippen LogP contribution in [-0.4, -0.2) is 57.7 Å². The molecule has 0 spiro atoms. The smallest absolute Gasteiger partial charge is 0.408 e. The van der Waals surface area contributed by atoms with Crippen molar-refractivity contribution in [3.05, 3.63) is 18.5 Å². The lowest BCUT2D eigenvalue weighted by atomic mass is 10.1. The number of rotatable bonds is 4. The van der Waals surface area contributed by atoms with E-state index in [-0.39, 0.29) is 12.0 Å². The molecule has 2 rings (SSSR count). The molecule has 0 radical (unpaired) electrons. The molecule has 1 saturated heterocycles. The third-order valence-corrected chi connectivity index (χ3v) is 3.61. The fourth-order valence-electron chi connectivity index (χ4n) is 2.55. The van der Waals surface area contributed by atoms with Gasteiger partial charge in [-0.1, -0.05) is 0 Å². The Bertz CT molecular complexity index is 588. The molecular formula is C17H26N4O4. The third kappa shape index (κ3) is 6.21. The lowest BCUT2D eigenvalue weighted by Crippen LogP contribution is -2.52. The molecule has 138 valence electrons. The van der Waals surface area contributed by atoms with Gasteiger partial charge in [0.1, 0.15) is 17.7 Å². The van der Waals surface area contributed by atoms with Crippen LogP contribution in [0.5, 0.6) is 6.01 Å². The van der Waals surface area contributed by atoms with E-state index in [4.69, 9.17) is 9.47 Å². The lowest BCUT2D eigenvalue weighted by Gasteiger charge is -2.34. The highest BCUT2D eigenvalue weighted by Gasteiger charge is 2.29. The molecule has 1 aromatic rings. The molecule has 0 bridgehead atoms. The molecular weight excluding hydrogens is 324 g/mol. The number of alkyl carbamates (subject to hydrolysis) is 1. The van der Waals surface area contributed by atoms with Gasteiger partial charge in [-0.25, -0.2) is 14.8 Å². The van der Waals surface area contributed by atoms with E-state index in [0.717, 1.165) is 12.8 Å². The number of hydrogen-bond donors (Lipinski definition) is 1. The highest BCUT2D eigenvalue weighted by molar-refractivity contribution is 5.85. The summed E-state index contributed by atoms with van der Waals surface area (Å²) in [7, 11) is 0. The van der Waals surface area contributed by atoms with E-state index in [9.17, 15) is 9.59 Å². The number of likely N-dealkylation sites (tertiary alicyclic amines) is 1. The van der Waals surface area contributed by atoms with Gasteiger partial charge in [-0.3, -0.25) is 4.79 Å². The molecule has 1 fully saturated rings. The molecule has 0 saturated carbocycles. The van der Waals surface area contributed by atoms with E-state index in [1.54, 1.807) is 51.1 Å². The maximum Gasteiger partial charge on any atom is 0.408 e. The van der Waals surface area contributed by atoms with Gasteiger partial charge in [0.25, 0.3) is 0 Å². The average Bonchev–Trinajstić information content (AvgIpc) is 2.53. The van der Waals surface area contributed by atoms with E-state index in [1.807, 2.05) is 0 Å². The van der Waals surface area contributed by atoms with E-state index < -0.39 is 17.7 Å². The van der Waals surface area contributed by atoms with Gasteiger partial charge in [-0.15, -0.1) is 0 Å². The van der Waals surface area contributed by atoms with Crippen LogP contribution in [0.25, 0.3) is 0 Å². The normalized spacial score (nSPS) is 19.0. The van der Waals surface area contributed by atoms with Gasteiger partial charge in [0, 0.05) is 18.9 Å². The molecule has 2 amide bonds. The second kappa shape index (κ2) is 8.13. The van der Waals surface area contributed by atoms with E-state index >= 15 is 0 Å². The van der Waals surface area contributed by atoms with Gasteiger partial charge in [-0.2, -0.15) is 0 Å². The Morgan fingerprint density at radius 1 is 1.32 bits per heavy atom. The highest BCUT2D eigenvalue weighted by atomic mass is 16.6. The predicted octanol–water partition coefficient (Wildman–Crippen LogP) is 1.76. The monoisotopic (exact) mass is 350 g/mol. The molecule has 2 heterocycles. The minimum Gasteiger partial charge on any atom is -0.458 e. The number of aromatic nitrogens is 2. The van der Waals surface area contributed by atoms with E-state index in [1.165, 1.54) is 0 Å². The van der Waals surface area contributed by atoms with Crippen LogP contribution in [0, 0.1) is 0 Å². The Kier molecular flexibility index (Phi) is 6.17. The first-order chi connectivity index (χ1) is 11.7.